The molecule has 0 atom stereocenters. The van der Waals surface area contributed by atoms with E-state index in [-0.39, 0.29) is 0 Å². The molecule has 3 aromatic heterocycles. The Morgan fingerprint density at radius 2 is 1.93 bits per heavy atom. The van der Waals surface area contributed by atoms with Gasteiger partial charge in [-0.05, 0) is 6.07 Å². The SMILES string of the molecule is COCCNc1cc(Nc2cc(OC)cc(-n3cnnc3)c2)nn2c(N)cnc12. The van der Waals surface area contributed by atoms with Crippen molar-refractivity contribution in [3.8, 4) is 11.4 Å². The number of benzene rings is 1. The molecule has 150 valence electrons. The van der Waals surface area contributed by atoms with Crippen molar-refractivity contribution in [3.05, 3.63) is 43.1 Å². The number of nitrogens with one attached hydrogen (secondary N) is 2. The molecule has 4 aromatic rings. The first kappa shape index (κ1) is 18.5. The lowest BCUT2D eigenvalue weighted by atomic mass is 10.2. The summed E-state index contributed by atoms with van der Waals surface area (Å²) in [7, 11) is 3.27. The van der Waals surface area contributed by atoms with E-state index < -0.39 is 0 Å². The molecule has 4 rings (SSSR count). The van der Waals surface area contributed by atoms with Crippen LogP contribution in [0.4, 0.5) is 23.0 Å². The van der Waals surface area contributed by atoms with Gasteiger partial charge in [0.05, 0.1) is 31.3 Å². The Morgan fingerprint density at radius 3 is 2.69 bits per heavy atom. The van der Waals surface area contributed by atoms with Crippen molar-refractivity contribution in [2.45, 2.75) is 0 Å². The largest absolute Gasteiger partial charge is 0.497 e. The first-order valence-corrected chi connectivity index (χ1v) is 8.86. The molecular weight excluding hydrogens is 374 g/mol. The zero-order chi connectivity index (χ0) is 20.2. The topological polar surface area (TPSA) is 129 Å². The third kappa shape index (κ3) is 3.89. The van der Waals surface area contributed by atoms with E-state index in [9.17, 15) is 0 Å². The molecule has 0 bridgehead atoms. The van der Waals surface area contributed by atoms with Crippen molar-refractivity contribution in [2.75, 3.05) is 43.7 Å². The molecule has 1 aromatic carbocycles. The second-order valence-electron chi connectivity index (χ2n) is 6.20. The van der Waals surface area contributed by atoms with E-state index in [2.05, 4.69) is 30.9 Å². The number of anilines is 4. The number of nitrogen functional groups attached to an aromatic ring is 1. The van der Waals surface area contributed by atoms with Crippen LogP contribution in [0.5, 0.6) is 5.75 Å². The van der Waals surface area contributed by atoms with Gasteiger partial charge in [0.15, 0.2) is 11.5 Å². The summed E-state index contributed by atoms with van der Waals surface area (Å²) in [5.41, 5.74) is 9.07. The van der Waals surface area contributed by atoms with Crippen LogP contribution in [0.3, 0.4) is 0 Å². The Hall–Kier alpha value is -3.86. The fourth-order valence-corrected chi connectivity index (χ4v) is 2.87. The van der Waals surface area contributed by atoms with Crippen molar-refractivity contribution in [3.63, 3.8) is 0 Å². The van der Waals surface area contributed by atoms with Gasteiger partial charge < -0.3 is 25.8 Å². The average molecular weight is 395 g/mol. The summed E-state index contributed by atoms with van der Waals surface area (Å²) in [4.78, 5) is 4.33. The van der Waals surface area contributed by atoms with Crippen LogP contribution in [0.1, 0.15) is 0 Å². The van der Waals surface area contributed by atoms with Gasteiger partial charge in [0, 0.05) is 37.5 Å². The predicted octanol–water partition coefficient (Wildman–Crippen LogP) is 1.70. The maximum atomic E-state index is 6.02. The molecule has 0 radical (unpaired) electrons. The van der Waals surface area contributed by atoms with Crippen molar-refractivity contribution in [1.29, 1.82) is 0 Å². The Bertz CT molecular complexity index is 1110. The summed E-state index contributed by atoms with van der Waals surface area (Å²) in [6, 6.07) is 7.56. The number of hydrogen-bond donors (Lipinski definition) is 3. The summed E-state index contributed by atoms with van der Waals surface area (Å²) in [6.07, 6.45) is 4.81. The molecule has 0 aliphatic heterocycles. The van der Waals surface area contributed by atoms with Gasteiger partial charge in [0.25, 0.3) is 0 Å². The second-order valence-corrected chi connectivity index (χ2v) is 6.20. The highest BCUT2D eigenvalue weighted by Crippen LogP contribution is 2.27. The van der Waals surface area contributed by atoms with E-state index in [1.807, 2.05) is 24.3 Å². The second kappa shape index (κ2) is 8.02. The van der Waals surface area contributed by atoms with Crippen LogP contribution in [0, 0.1) is 0 Å². The Labute approximate surface area is 166 Å². The smallest absolute Gasteiger partial charge is 0.179 e. The minimum Gasteiger partial charge on any atom is -0.497 e. The van der Waals surface area contributed by atoms with Crippen molar-refractivity contribution in [2.24, 2.45) is 0 Å². The van der Waals surface area contributed by atoms with Crippen LogP contribution >= 0.6 is 0 Å². The molecule has 3 heterocycles. The molecule has 0 aliphatic carbocycles. The molecule has 0 saturated heterocycles. The fourth-order valence-electron chi connectivity index (χ4n) is 2.87. The minimum absolute atomic E-state index is 0.439. The lowest BCUT2D eigenvalue weighted by molar-refractivity contribution is 0.211. The molecule has 0 fully saturated rings. The van der Waals surface area contributed by atoms with Gasteiger partial charge in [0.2, 0.25) is 0 Å². The Morgan fingerprint density at radius 1 is 1.10 bits per heavy atom. The molecule has 0 spiro atoms. The first-order chi connectivity index (χ1) is 14.2. The molecular formula is C18H21N9O2. The summed E-state index contributed by atoms with van der Waals surface area (Å²) < 4.78 is 13.9. The van der Waals surface area contributed by atoms with Gasteiger partial charge >= 0.3 is 0 Å². The van der Waals surface area contributed by atoms with E-state index in [0.717, 1.165) is 17.1 Å². The van der Waals surface area contributed by atoms with Gasteiger partial charge in [-0.15, -0.1) is 15.3 Å². The number of nitrogens with two attached hydrogens (primary N) is 1. The lowest BCUT2D eigenvalue weighted by Crippen LogP contribution is -2.11. The number of aromatic nitrogens is 6. The van der Waals surface area contributed by atoms with Gasteiger partial charge in [0.1, 0.15) is 24.2 Å². The highest BCUT2D eigenvalue weighted by molar-refractivity contribution is 5.74. The average Bonchev–Trinajstić information content (AvgIpc) is 3.39. The zero-order valence-electron chi connectivity index (χ0n) is 16.0. The van der Waals surface area contributed by atoms with Gasteiger partial charge in [-0.1, -0.05) is 0 Å². The fraction of sp³-hybridized carbons (Fsp3) is 0.222. The first-order valence-electron chi connectivity index (χ1n) is 8.86. The van der Waals surface area contributed by atoms with Crippen LogP contribution < -0.4 is 21.1 Å². The van der Waals surface area contributed by atoms with Crippen LogP contribution in [0.15, 0.2) is 43.1 Å². The summed E-state index contributed by atoms with van der Waals surface area (Å²) in [5.74, 6) is 1.71. The molecule has 11 heteroatoms. The molecule has 0 aliphatic rings. The number of methoxy groups -OCH3 is 2. The molecule has 11 nitrogen and oxygen atoms in total. The lowest BCUT2D eigenvalue weighted by Gasteiger charge is -2.13. The summed E-state index contributed by atoms with van der Waals surface area (Å²) in [5, 5.41) is 18.8. The van der Waals surface area contributed by atoms with Crippen LogP contribution in [-0.4, -0.2) is 56.7 Å². The third-order valence-corrected chi connectivity index (χ3v) is 4.23. The van der Waals surface area contributed by atoms with Crippen molar-refractivity contribution >= 4 is 28.7 Å². The van der Waals surface area contributed by atoms with E-state index >= 15 is 0 Å². The monoisotopic (exact) mass is 395 g/mol. The normalized spacial score (nSPS) is 11.0. The Kier molecular flexibility index (Phi) is 5.12. The molecule has 0 saturated carbocycles. The van der Waals surface area contributed by atoms with E-state index in [1.165, 1.54) is 0 Å². The maximum Gasteiger partial charge on any atom is 0.179 e. The van der Waals surface area contributed by atoms with Gasteiger partial charge in [-0.25, -0.2) is 4.98 Å². The van der Waals surface area contributed by atoms with Crippen molar-refractivity contribution in [1.82, 2.24) is 29.4 Å². The van der Waals surface area contributed by atoms with Crippen LogP contribution in [0.25, 0.3) is 11.3 Å². The van der Waals surface area contributed by atoms with Crippen LogP contribution in [-0.2, 0) is 4.74 Å². The maximum absolute atomic E-state index is 6.02. The van der Waals surface area contributed by atoms with E-state index in [0.29, 0.717) is 36.2 Å². The standard InChI is InChI=1S/C18H21N9O2/c1-28-4-3-20-15-8-17(25-27-16(19)9-21-18(15)27)24-12-5-13(7-14(6-12)29-2)26-10-22-23-11-26/h5-11,20H,3-4,19H2,1-2H3,(H,24,25). The summed E-state index contributed by atoms with van der Waals surface area (Å²) >= 11 is 0. The highest BCUT2D eigenvalue weighted by Gasteiger charge is 2.11. The number of nitrogens with zero attached hydrogens (tertiary/aromatic N) is 6. The minimum atomic E-state index is 0.439. The van der Waals surface area contributed by atoms with Gasteiger partial charge in [-0.3, -0.25) is 4.57 Å². The third-order valence-electron chi connectivity index (χ3n) is 4.23. The number of hydrogen-bond acceptors (Lipinski definition) is 9. The van der Waals surface area contributed by atoms with E-state index in [1.54, 1.807) is 42.2 Å². The number of ether oxygens (including phenoxy) is 2. The number of fused-ring (bicyclic) bond motifs is 1. The Balaban J connectivity index is 1.70. The highest BCUT2D eigenvalue weighted by atomic mass is 16.5. The van der Waals surface area contributed by atoms with Crippen LogP contribution in [0.2, 0.25) is 0 Å². The molecule has 4 N–H and O–H groups in total. The molecule has 29 heavy (non-hydrogen) atoms. The quantitative estimate of drug-likeness (QED) is 0.382. The molecule has 0 unspecified atom stereocenters. The van der Waals surface area contributed by atoms with Crippen molar-refractivity contribution < 1.29 is 9.47 Å². The zero-order valence-corrected chi connectivity index (χ0v) is 16.0. The predicted molar refractivity (Wildman–Crippen MR) is 109 cm³/mol. The number of rotatable bonds is 8. The molecule has 0 amide bonds. The van der Waals surface area contributed by atoms with E-state index in [4.69, 9.17) is 15.2 Å². The van der Waals surface area contributed by atoms with Gasteiger partial charge in [-0.2, -0.15) is 4.52 Å². The number of imidazole rings is 1. The summed E-state index contributed by atoms with van der Waals surface area (Å²) in [6.45, 7) is 1.19.